The molecular weight excluding hydrogens is 472 g/mol. The van der Waals surface area contributed by atoms with Gasteiger partial charge in [-0.25, -0.2) is 4.98 Å². The van der Waals surface area contributed by atoms with Gasteiger partial charge in [0.2, 0.25) is 0 Å². The summed E-state index contributed by atoms with van der Waals surface area (Å²) in [5.74, 6) is 0.305. The molecule has 1 aliphatic heterocycles. The lowest BCUT2D eigenvalue weighted by atomic mass is 10.0. The predicted octanol–water partition coefficient (Wildman–Crippen LogP) is 5.51. The number of carbonyl (C=O) groups is 2. The number of hydrogen-bond donors (Lipinski definition) is 1. The van der Waals surface area contributed by atoms with Crippen molar-refractivity contribution in [2.45, 2.75) is 51.0 Å². The van der Waals surface area contributed by atoms with Crippen molar-refractivity contribution in [2.24, 2.45) is 7.05 Å². The summed E-state index contributed by atoms with van der Waals surface area (Å²) in [5, 5.41) is 4.14. The number of likely N-dealkylation sites (tertiary alicyclic amines) is 1. The van der Waals surface area contributed by atoms with Gasteiger partial charge in [-0.05, 0) is 44.6 Å². The van der Waals surface area contributed by atoms with Crippen LogP contribution in [0.4, 0.5) is 0 Å². The lowest BCUT2D eigenvalue weighted by molar-refractivity contribution is 0.0597. The fourth-order valence-corrected chi connectivity index (χ4v) is 6.38. The Labute approximate surface area is 214 Å². The number of piperidine rings is 1. The molecule has 36 heavy (non-hydrogen) atoms. The molecule has 3 aromatic heterocycles. The number of nitrogens with zero attached hydrogens (tertiary/aromatic N) is 3. The van der Waals surface area contributed by atoms with Gasteiger partial charge in [-0.15, -0.1) is 11.3 Å². The number of nitrogens with one attached hydrogen (secondary N) is 1. The minimum Gasteiger partial charge on any atom is -0.463 e. The summed E-state index contributed by atoms with van der Waals surface area (Å²) >= 11 is 1.67. The molecule has 7 nitrogen and oxygen atoms in total. The summed E-state index contributed by atoms with van der Waals surface area (Å²) in [6, 6.07) is 11.9. The van der Waals surface area contributed by atoms with Gasteiger partial charge in [0.05, 0.1) is 21.7 Å². The van der Waals surface area contributed by atoms with E-state index in [1.165, 1.54) is 5.56 Å². The first kappa shape index (κ1) is 23.0. The SMILES string of the molecule is Cc1cccc(-c2sc(C3CC3)nc2C(=O)N2CCCC[C@H]2CNC(=O)c2cc3occc3n2C)c1. The van der Waals surface area contributed by atoms with Crippen LogP contribution in [0.3, 0.4) is 0 Å². The Bertz CT molecular complexity index is 1440. The third kappa shape index (κ3) is 4.23. The largest absolute Gasteiger partial charge is 0.463 e. The minimum absolute atomic E-state index is 0.0232. The van der Waals surface area contributed by atoms with Gasteiger partial charge >= 0.3 is 0 Å². The molecule has 1 aliphatic carbocycles. The number of rotatable bonds is 6. The zero-order valence-electron chi connectivity index (χ0n) is 20.6. The zero-order chi connectivity index (χ0) is 24.8. The molecule has 0 radical (unpaired) electrons. The average molecular weight is 503 g/mol. The standard InChI is InChI=1S/C28H30N4O3S/c1-17-6-5-7-19(14-17)25-24(30-27(36-25)18-9-10-18)28(34)32-12-4-3-8-20(32)16-29-26(33)22-15-23-21(31(22)2)11-13-35-23/h5-7,11,13-15,18,20H,3-4,8-10,12,16H2,1-2H3,(H,29,33)/t20-/m0/s1. The molecule has 2 aliphatic rings. The Balaban J connectivity index is 1.24. The van der Waals surface area contributed by atoms with Gasteiger partial charge in [-0.1, -0.05) is 29.8 Å². The van der Waals surface area contributed by atoms with Gasteiger partial charge in [0, 0.05) is 44.2 Å². The van der Waals surface area contributed by atoms with Gasteiger partial charge in [0.1, 0.15) is 11.4 Å². The second-order valence-electron chi connectivity index (χ2n) is 9.99. The van der Waals surface area contributed by atoms with E-state index in [9.17, 15) is 9.59 Å². The van der Waals surface area contributed by atoms with Crippen LogP contribution in [0.2, 0.25) is 0 Å². The maximum absolute atomic E-state index is 13.9. The Morgan fingerprint density at radius 1 is 1.17 bits per heavy atom. The Kier molecular flexibility index (Phi) is 5.91. The highest BCUT2D eigenvalue weighted by Crippen LogP contribution is 2.45. The van der Waals surface area contributed by atoms with E-state index >= 15 is 0 Å². The van der Waals surface area contributed by atoms with Crippen molar-refractivity contribution in [1.82, 2.24) is 19.8 Å². The fraction of sp³-hybridized carbons (Fsp3) is 0.393. The monoisotopic (exact) mass is 502 g/mol. The molecule has 2 amide bonds. The number of furan rings is 1. The predicted molar refractivity (Wildman–Crippen MR) is 140 cm³/mol. The van der Waals surface area contributed by atoms with E-state index in [1.54, 1.807) is 23.7 Å². The molecule has 1 saturated carbocycles. The molecule has 4 heterocycles. The zero-order valence-corrected chi connectivity index (χ0v) is 21.4. The number of carbonyl (C=O) groups excluding carboxylic acids is 2. The molecule has 6 rings (SSSR count). The highest BCUT2D eigenvalue weighted by Gasteiger charge is 2.34. The van der Waals surface area contributed by atoms with Crippen molar-refractivity contribution in [2.75, 3.05) is 13.1 Å². The molecule has 0 unspecified atom stereocenters. The van der Waals surface area contributed by atoms with Crippen LogP contribution in [0.1, 0.15) is 69.6 Å². The van der Waals surface area contributed by atoms with E-state index in [0.29, 0.717) is 36.0 Å². The van der Waals surface area contributed by atoms with Crippen molar-refractivity contribution >= 4 is 34.3 Å². The van der Waals surface area contributed by atoms with Crippen molar-refractivity contribution in [3.63, 3.8) is 0 Å². The van der Waals surface area contributed by atoms with E-state index in [1.807, 2.05) is 28.6 Å². The molecule has 8 heteroatoms. The fourth-order valence-electron chi connectivity index (χ4n) is 5.15. The third-order valence-electron chi connectivity index (χ3n) is 7.34. The molecule has 1 N–H and O–H groups in total. The van der Waals surface area contributed by atoms with Crippen LogP contribution < -0.4 is 5.32 Å². The van der Waals surface area contributed by atoms with Gasteiger partial charge in [-0.2, -0.15) is 0 Å². The quantitative estimate of drug-likeness (QED) is 0.377. The van der Waals surface area contributed by atoms with Crippen LogP contribution in [0, 0.1) is 6.92 Å². The van der Waals surface area contributed by atoms with E-state index < -0.39 is 0 Å². The number of thiazole rings is 1. The van der Waals surface area contributed by atoms with Crippen LogP contribution in [0.5, 0.6) is 0 Å². The highest BCUT2D eigenvalue weighted by molar-refractivity contribution is 7.15. The smallest absolute Gasteiger partial charge is 0.274 e. The Hall–Kier alpha value is -3.39. The summed E-state index contributed by atoms with van der Waals surface area (Å²) in [5.41, 5.74) is 4.90. The molecule has 4 aromatic rings. The van der Waals surface area contributed by atoms with Crippen LogP contribution in [0.25, 0.3) is 21.5 Å². The molecule has 0 spiro atoms. The normalized spacial score (nSPS) is 18.1. The van der Waals surface area contributed by atoms with Crippen molar-refractivity contribution in [3.05, 3.63) is 64.6 Å². The van der Waals surface area contributed by atoms with Gasteiger partial charge in [0.15, 0.2) is 5.58 Å². The van der Waals surface area contributed by atoms with E-state index in [2.05, 4.69) is 30.4 Å². The maximum atomic E-state index is 13.9. The van der Waals surface area contributed by atoms with Gasteiger partial charge in [-0.3, -0.25) is 9.59 Å². The van der Waals surface area contributed by atoms with Gasteiger partial charge < -0.3 is 19.2 Å². The summed E-state index contributed by atoms with van der Waals surface area (Å²) in [4.78, 5) is 34.7. The maximum Gasteiger partial charge on any atom is 0.274 e. The van der Waals surface area contributed by atoms with E-state index in [4.69, 9.17) is 9.40 Å². The van der Waals surface area contributed by atoms with Crippen LogP contribution in [0.15, 0.2) is 47.1 Å². The molecule has 2 fully saturated rings. The van der Waals surface area contributed by atoms with Crippen molar-refractivity contribution in [1.29, 1.82) is 0 Å². The van der Waals surface area contributed by atoms with Crippen molar-refractivity contribution in [3.8, 4) is 10.4 Å². The first-order valence-corrected chi connectivity index (χ1v) is 13.5. The average Bonchev–Trinajstić information content (AvgIpc) is 3.33. The summed E-state index contributed by atoms with van der Waals surface area (Å²) in [7, 11) is 1.86. The molecule has 1 atom stereocenters. The van der Waals surface area contributed by atoms with E-state index in [-0.39, 0.29) is 17.9 Å². The van der Waals surface area contributed by atoms with Crippen LogP contribution >= 0.6 is 11.3 Å². The first-order chi connectivity index (χ1) is 17.5. The number of hydrogen-bond acceptors (Lipinski definition) is 5. The molecule has 1 aromatic carbocycles. The summed E-state index contributed by atoms with van der Waals surface area (Å²) in [6.45, 7) is 3.16. The minimum atomic E-state index is -0.160. The Morgan fingerprint density at radius 3 is 2.81 bits per heavy atom. The second-order valence-corrected chi connectivity index (χ2v) is 11.0. The first-order valence-electron chi connectivity index (χ1n) is 12.7. The van der Waals surface area contributed by atoms with E-state index in [0.717, 1.165) is 53.1 Å². The lowest BCUT2D eigenvalue weighted by Gasteiger charge is -2.35. The highest BCUT2D eigenvalue weighted by atomic mass is 32.1. The lowest BCUT2D eigenvalue weighted by Crippen LogP contribution is -2.49. The number of fused-ring (bicyclic) bond motifs is 1. The number of aryl methyl sites for hydroxylation is 2. The van der Waals surface area contributed by atoms with Crippen LogP contribution in [-0.4, -0.2) is 45.4 Å². The molecular formula is C28H30N4O3S. The Morgan fingerprint density at radius 2 is 2.03 bits per heavy atom. The second kappa shape index (κ2) is 9.24. The topological polar surface area (TPSA) is 80.4 Å². The number of benzene rings is 1. The number of amides is 2. The van der Waals surface area contributed by atoms with Crippen LogP contribution in [-0.2, 0) is 7.05 Å². The summed E-state index contributed by atoms with van der Waals surface area (Å²) in [6.07, 6.45) is 6.78. The third-order valence-corrected chi connectivity index (χ3v) is 8.60. The molecule has 1 saturated heterocycles. The molecule has 0 bridgehead atoms. The van der Waals surface area contributed by atoms with Crippen molar-refractivity contribution < 1.29 is 14.0 Å². The molecule has 186 valence electrons. The number of aromatic nitrogens is 2. The summed E-state index contributed by atoms with van der Waals surface area (Å²) < 4.78 is 7.27. The van der Waals surface area contributed by atoms with Gasteiger partial charge in [0.25, 0.3) is 11.8 Å².